The molecule has 0 fully saturated rings. The Morgan fingerprint density at radius 2 is 1.47 bits per heavy atom. The van der Waals surface area contributed by atoms with E-state index in [0.29, 0.717) is 23.4 Å². The third kappa shape index (κ3) is 5.92. The van der Waals surface area contributed by atoms with Gasteiger partial charge in [0.1, 0.15) is 11.5 Å². The van der Waals surface area contributed by atoms with Gasteiger partial charge in [-0.2, -0.15) is 0 Å². The summed E-state index contributed by atoms with van der Waals surface area (Å²) in [5.41, 5.74) is 1.74. The summed E-state index contributed by atoms with van der Waals surface area (Å²) in [4.78, 5) is 24.6. The molecule has 0 aliphatic heterocycles. The summed E-state index contributed by atoms with van der Waals surface area (Å²) in [5, 5.41) is 0. The Bertz CT molecular complexity index is 1530. The summed E-state index contributed by atoms with van der Waals surface area (Å²) in [6.07, 6.45) is 0.372. The van der Waals surface area contributed by atoms with E-state index in [9.17, 15) is 18.0 Å². The molecule has 0 aliphatic carbocycles. The summed E-state index contributed by atoms with van der Waals surface area (Å²) in [7, 11) is -2.64. The van der Waals surface area contributed by atoms with Crippen LogP contribution in [0.1, 0.15) is 39.6 Å². The molecule has 0 unspecified atom stereocenters. The third-order valence-electron chi connectivity index (χ3n) is 5.89. The van der Waals surface area contributed by atoms with Crippen molar-refractivity contribution in [2.24, 2.45) is 0 Å². The first kappa shape index (κ1) is 26.6. The lowest BCUT2D eigenvalue weighted by Gasteiger charge is -2.26. The van der Waals surface area contributed by atoms with Crippen molar-refractivity contribution >= 4 is 27.5 Å². The number of ether oxygens (including phenoxy) is 2. The number of esters is 1. The first-order valence-electron chi connectivity index (χ1n) is 12.0. The summed E-state index contributed by atoms with van der Waals surface area (Å²) >= 11 is 0. The lowest BCUT2D eigenvalue weighted by atomic mass is 10.1. The number of anilines is 1. The fraction of sp³-hybridized carbons (Fsp3) is 0.133. The SMILES string of the molecule is CCC(=O)c1ccc(OC(=O)c2cccc(S(=O)(=O)N(Cc3ccccc3)c3ccccc3OC)c2)cc1. The second-order valence-electron chi connectivity index (χ2n) is 8.39. The molecule has 0 aliphatic rings. The largest absolute Gasteiger partial charge is 0.495 e. The van der Waals surface area contributed by atoms with Crippen molar-refractivity contribution < 1.29 is 27.5 Å². The van der Waals surface area contributed by atoms with Crippen LogP contribution in [-0.2, 0) is 16.6 Å². The summed E-state index contributed by atoms with van der Waals surface area (Å²) in [6.45, 7) is 1.83. The van der Waals surface area contributed by atoms with Crippen LogP contribution >= 0.6 is 0 Å². The minimum Gasteiger partial charge on any atom is -0.495 e. The molecule has 0 N–H and O–H groups in total. The molecule has 0 atom stereocenters. The quantitative estimate of drug-likeness (QED) is 0.144. The highest BCUT2D eigenvalue weighted by Gasteiger charge is 2.28. The number of sulfonamides is 1. The van der Waals surface area contributed by atoms with Gasteiger partial charge in [0.05, 0.1) is 29.8 Å². The summed E-state index contributed by atoms with van der Waals surface area (Å²) in [5.74, 6) is -0.0948. The second kappa shape index (κ2) is 11.7. The minimum absolute atomic E-state index is 0.0177. The normalized spacial score (nSPS) is 11.0. The minimum atomic E-state index is -4.12. The Labute approximate surface area is 222 Å². The highest BCUT2D eigenvalue weighted by molar-refractivity contribution is 7.92. The van der Waals surface area contributed by atoms with Gasteiger partial charge in [-0.15, -0.1) is 0 Å². The molecule has 7 nitrogen and oxygen atoms in total. The van der Waals surface area contributed by atoms with Crippen molar-refractivity contribution in [3.63, 3.8) is 0 Å². The number of ketones is 1. The molecule has 0 amide bonds. The number of carbonyl (C=O) groups is 2. The Balaban J connectivity index is 1.66. The number of nitrogens with zero attached hydrogens (tertiary/aromatic N) is 1. The molecular weight excluding hydrogens is 502 g/mol. The van der Waals surface area contributed by atoms with Crippen LogP contribution in [0.4, 0.5) is 5.69 Å². The van der Waals surface area contributed by atoms with Crippen LogP contribution in [-0.4, -0.2) is 27.3 Å². The van der Waals surface area contributed by atoms with Crippen LogP contribution in [0.5, 0.6) is 11.5 Å². The number of carbonyl (C=O) groups excluding carboxylic acids is 2. The predicted octanol–water partition coefficient (Wildman–Crippen LogP) is 5.90. The van der Waals surface area contributed by atoms with Gasteiger partial charge >= 0.3 is 5.97 Å². The molecule has 8 heteroatoms. The fourth-order valence-corrected chi connectivity index (χ4v) is 5.38. The highest BCUT2D eigenvalue weighted by atomic mass is 32.2. The Kier molecular flexibility index (Phi) is 8.23. The van der Waals surface area contributed by atoms with Gasteiger partial charge in [0, 0.05) is 12.0 Å². The average molecular weight is 530 g/mol. The van der Waals surface area contributed by atoms with Crippen molar-refractivity contribution in [3.05, 3.63) is 120 Å². The number of hydrogen-bond donors (Lipinski definition) is 0. The van der Waals surface area contributed by atoms with Crippen LogP contribution in [0.15, 0.2) is 108 Å². The van der Waals surface area contributed by atoms with E-state index < -0.39 is 16.0 Å². The lowest BCUT2D eigenvalue weighted by molar-refractivity contribution is 0.0734. The number of para-hydroxylation sites is 2. The van der Waals surface area contributed by atoms with E-state index in [2.05, 4.69) is 0 Å². The van der Waals surface area contributed by atoms with Gasteiger partial charge in [-0.05, 0) is 60.2 Å². The lowest BCUT2D eigenvalue weighted by Crippen LogP contribution is -2.31. The predicted molar refractivity (Wildman–Crippen MR) is 145 cm³/mol. The molecule has 4 aromatic carbocycles. The number of rotatable bonds is 10. The number of methoxy groups -OCH3 is 1. The molecule has 0 saturated carbocycles. The topological polar surface area (TPSA) is 90.0 Å². The van der Waals surface area contributed by atoms with Crippen LogP contribution in [0.3, 0.4) is 0 Å². The second-order valence-corrected chi connectivity index (χ2v) is 10.2. The van der Waals surface area contributed by atoms with E-state index in [4.69, 9.17) is 9.47 Å². The molecule has 0 aromatic heterocycles. The van der Waals surface area contributed by atoms with Gasteiger partial charge in [0.15, 0.2) is 5.78 Å². The molecule has 4 aromatic rings. The molecule has 0 heterocycles. The molecule has 194 valence electrons. The monoisotopic (exact) mass is 529 g/mol. The zero-order valence-electron chi connectivity index (χ0n) is 21.0. The van der Waals surface area contributed by atoms with Gasteiger partial charge in [-0.25, -0.2) is 13.2 Å². The highest BCUT2D eigenvalue weighted by Crippen LogP contribution is 2.34. The van der Waals surface area contributed by atoms with Crippen molar-refractivity contribution in [1.82, 2.24) is 0 Å². The van der Waals surface area contributed by atoms with E-state index in [1.807, 2.05) is 30.3 Å². The van der Waals surface area contributed by atoms with E-state index in [1.54, 1.807) is 43.3 Å². The number of hydrogen-bond acceptors (Lipinski definition) is 6. The van der Waals surface area contributed by atoms with Crippen LogP contribution < -0.4 is 13.8 Å². The maximum Gasteiger partial charge on any atom is 0.343 e. The maximum absolute atomic E-state index is 14.0. The van der Waals surface area contributed by atoms with Crippen molar-refractivity contribution in [1.29, 1.82) is 0 Å². The maximum atomic E-state index is 14.0. The third-order valence-corrected chi connectivity index (χ3v) is 7.64. The standard InChI is InChI=1S/C30H27NO6S/c1-3-28(32)23-16-18-25(19-17-23)37-30(33)24-12-9-13-26(20-24)38(34,35)31(21-22-10-5-4-6-11-22)27-14-7-8-15-29(27)36-2/h4-20H,3,21H2,1-2H3. The molecular formula is C30H27NO6S. The first-order valence-corrected chi connectivity index (χ1v) is 13.4. The summed E-state index contributed by atoms with van der Waals surface area (Å²) < 4.78 is 40.1. The van der Waals surface area contributed by atoms with Crippen LogP contribution in [0.2, 0.25) is 0 Å². The summed E-state index contributed by atoms with van der Waals surface area (Å²) in [6, 6.07) is 28.0. The van der Waals surface area contributed by atoms with Gasteiger partial charge in [-0.1, -0.05) is 55.5 Å². The van der Waals surface area contributed by atoms with Gasteiger partial charge in [0.25, 0.3) is 10.0 Å². The Morgan fingerprint density at radius 1 is 0.789 bits per heavy atom. The molecule has 0 saturated heterocycles. The fourth-order valence-electron chi connectivity index (χ4n) is 3.87. The van der Waals surface area contributed by atoms with Crippen molar-refractivity contribution in [2.45, 2.75) is 24.8 Å². The molecule has 4 rings (SSSR count). The van der Waals surface area contributed by atoms with E-state index >= 15 is 0 Å². The molecule has 0 bridgehead atoms. The number of benzene rings is 4. The van der Waals surface area contributed by atoms with E-state index in [-0.39, 0.29) is 28.5 Å². The van der Waals surface area contributed by atoms with Gasteiger partial charge in [0.2, 0.25) is 0 Å². The first-order chi connectivity index (χ1) is 18.3. The smallest absolute Gasteiger partial charge is 0.343 e. The zero-order valence-corrected chi connectivity index (χ0v) is 21.9. The molecule has 0 spiro atoms. The van der Waals surface area contributed by atoms with Crippen molar-refractivity contribution in [3.8, 4) is 11.5 Å². The number of Topliss-reactive ketones (excluding diaryl/α,β-unsaturated/α-hetero) is 1. The Hall–Kier alpha value is -4.43. The van der Waals surface area contributed by atoms with Crippen molar-refractivity contribution in [2.75, 3.05) is 11.4 Å². The Morgan fingerprint density at radius 3 is 2.16 bits per heavy atom. The average Bonchev–Trinajstić information content (AvgIpc) is 2.96. The van der Waals surface area contributed by atoms with Crippen LogP contribution in [0, 0.1) is 0 Å². The van der Waals surface area contributed by atoms with Crippen LogP contribution in [0.25, 0.3) is 0 Å². The molecule has 0 radical (unpaired) electrons. The van der Waals surface area contributed by atoms with E-state index in [1.165, 1.54) is 47.8 Å². The van der Waals surface area contributed by atoms with Gasteiger partial charge < -0.3 is 9.47 Å². The van der Waals surface area contributed by atoms with Gasteiger partial charge in [-0.3, -0.25) is 9.10 Å². The molecule has 38 heavy (non-hydrogen) atoms. The van der Waals surface area contributed by atoms with E-state index in [0.717, 1.165) is 5.56 Å². The zero-order chi connectivity index (χ0) is 27.1.